The summed E-state index contributed by atoms with van der Waals surface area (Å²) in [6.45, 7) is 4.17. The van der Waals surface area contributed by atoms with Crippen LogP contribution in [0, 0.1) is 12.8 Å². The Hall–Kier alpha value is -1.42. The molecular formula is C12H17N3O. The molecule has 1 unspecified atom stereocenters. The van der Waals surface area contributed by atoms with Crippen molar-refractivity contribution in [3.05, 3.63) is 29.6 Å². The molecule has 1 aliphatic rings. The Kier molecular flexibility index (Phi) is 3.19. The maximum Gasteiger partial charge on any atom is 0.253 e. The summed E-state index contributed by atoms with van der Waals surface area (Å²) >= 11 is 0. The van der Waals surface area contributed by atoms with Crippen molar-refractivity contribution in [2.24, 2.45) is 11.7 Å². The first-order valence-corrected chi connectivity index (χ1v) is 5.62. The molecule has 4 nitrogen and oxygen atoms in total. The van der Waals surface area contributed by atoms with Gasteiger partial charge in [-0.25, -0.2) is 0 Å². The van der Waals surface area contributed by atoms with Crippen LogP contribution in [0.15, 0.2) is 18.3 Å². The molecule has 0 saturated carbocycles. The summed E-state index contributed by atoms with van der Waals surface area (Å²) < 4.78 is 0. The van der Waals surface area contributed by atoms with Gasteiger partial charge in [0.25, 0.3) is 5.91 Å². The van der Waals surface area contributed by atoms with Gasteiger partial charge in [-0.3, -0.25) is 9.78 Å². The van der Waals surface area contributed by atoms with E-state index in [-0.39, 0.29) is 5.91 Å². The lowest BCUT2D eigenvalue weighted by Crippen LogP contribution is -2.29. The van der Waals surface area contributed by atoms with Gasteiger partial charge >= 0.3 is 0 Å². The fourth-order valence-electron chi connectivity index (χ4n) is 2.07. The number of pyridine rings is 1. The number of rotatable bonds is 2. The number of hydrogen-bond acceptors (Lipinski definition) is 3. The van der Waals surface area contributed by atoms with Crippen molar-refractivity contribution < 1.29 is 4.79 Å². The van der Waals surface area contributed by atoms with E-state index >= 15 is 0 Å². The van der Waals surface area contributed by atoms with Crippen LogP contribution in [0.1, 0.15) is 22.5 Å². The van der Waals surface area contributed by atoms with Gasteiger partial charge in [0.1, 0.15) is 0 Å². The molecule has 86 valence electrons. The molecule has 0 radical (unpaired) electrons. The lowest BCUT2D eigenvalue weighted by atomic mass is 10.1. The first kappa shape index (κ1) is 11.1. The van der Waals surface area contributed by atoms with Gasteiger partial charge in [-0.05, 0) is 37.9 Å². The average Bonchev–Trinajstić information content (AvgIpc) is 2.76. The van der Waals surface area contributed by atoms with E-state index in [1.165, 1.54) is 0 Å². The predicted octanol–water partition coefficient (Wildman–Crippen LogP) is 0.811. The van der Waals surface area contributed by atoms with Gasteiger partial charge in [-0.2, -0.15) is 0 Å². The Morgan fingerprint density at radius 1 is 1.69 bits per heavy atom. The van der Waals surface area contributed by atoms with Crippen molar-refractivity contribution in [2.75, 3.05) is 19.6 Å². The van der Waals surface area contributed by atoms with Crippen LogP contribution in [0.3, 0.4) is 0 Å². The van der Waals surface area contributed by atoms with Gasteiger partial charge in [-0.1, -0.05) is 0 Å². The number of hydrogen-bond donors (Lipinski definition) is 1. The molecule has 0 bridgehead atoms. The lowest BCUT2D eigenvalue weighted by Gasteiger charge is -2.16. The molecule has 1 saturated heterocycles. The zero-order valence-electron chi connectivity index (χ0n) is 9.52. The Morgan fingerprint density at radius 3 is 3.12 bits per heavy atom. The maximum absolute atomic E-state index is 12.1. The summed E-state index contributed by atoms with van der Waals surface area (Å²) in [6, 6.07) is 3.60. The summed E-state index contributed by atoms with van der Waals surface area (Å²) in [4.78, 5) is 18.1. The van der Waals surface area contributed by atoms with Crippen molar-refractivity contribution in [3.63, 3.8) is 0 Å². The highest BCUT2D eigenvalue weighted by Gasteiger charge is 2.25. The lowest BCUT2D eigenvalue weighted by molar-refractivity contribution is 0.0787. The molecule has 0 aromatic carbocycles. The van der Waals surface area contributed by atoms with Gasteiger partial charge < -0.3 is 10.6 Å². The smallest absolute Gasteiger partial charge is 0.253 e. The highest BCUT2D eigenvalue weighted by molar-refractivity contribution is 5.94. The number of aromatic nitrogens is 1. The Bertz CT molecular complexity index is 392. The van der Waals surface area contributed by atoms with E-state index in [0.717, 1.165) is 30.8 Å². The molecule has 4 heteroatoms. The van der Waals surface area contributed by atoms with Crippen molar-refractivity contribution in [1.82, 2.24) is 9.88 Å². The third-order valence-corrected chi connectivity index (χ3v) is 3.05. The number of carbonyl (C=O) groups excluding carboxylic acids is 1. The number of amides is 1. The first-order chi connectivity index (χ1) is 7.70. The zero-order valence-corrected chi connectivity index (χ0v) is 9.52. The minimum Gasteiger partial charge on any atom is -0.338 e. The summed E-state index contributed by atoms with van der Waals surface area (Å²) in [7, 11) is 0. The van der Waals surface area contributed by atoms with Crippen LogP contribution in [0.25, 0.3) is 0 Å². The number of likely N-dealkylation sites (tertiary alicyclic amines) is 1. The Balaban J connectivity index is 2.08. The highest BCUT2D eigenvalue weighted by atomic mass is 16.2. The predicted molar refractivity (Wildman–Crippen MR) is 62.0 cm³/mol. The van der Waals surface area contributed by atoms with E-state index < -0.39 is 0 Å². The van der Waals surface area contributed by atoms with E-state index in [0.29, 0.717) is 12.5 Å². The monoisotopic (exact) mass is 219 g/mol. The van der Waals surface area contributed by atoms with Gasteiger partial charge in [-0.15, -0.1) is 0 Å². The molecule has 1 amide bonds. The normalized spacial score (nSPS) is 20.1. The molecule has 0 aliphatic carbocycles. The van der Waals surface area contributed by atoms with Gasteiger partial charge in [0.2, 0.25) is 0 Å². The summed E-state index contributed by atoms with van der Waals surface area (Å²) in [6.07, 6.45) is 2.70. The molecule has 2 heterocycles. The van der Waals surface area contributed by atoms with Crippen LogP contribution in [0.4, 0.5) is 0 Å². The SMILES string of the molecule is Cc1cc(C(=O)N2CCC(CN)C2)ccn1. The van der Waals surface area contributed by atoms with Crippen molar-refractivity contribution in [2.45, 2.75) is 13.3 Å². The molecule has 2 N–H and O–H groups in total. The van der Waals surface area contributed by atoms with E-state index in [2.05, 4.69) is 4.98 Å². The number of nitrogens with zero attached hydrogens (tertiary/aromatic N) is 2. The summed E-state index contributed by atoms with van der Waals surface area (Å²) in [5, 5.41) is 0. The van der Waals surface area contributed by atoms with Gasteiger partial charge in [0, 0.05) is 30.5 Å². The Morgan fingerprint density at radius 2 is 2.50 bits per heavy atom. The van der Waals surface area contributed by atoms with E-state index in [9.17, 15) is 4.79 Å². The second-order valence-corrected chi connectivity index (χ2v) is 4.33. The molecule has 1 aromatic heterocycles. The van der Waals surface area contributed by atoms with Crippen LogP contribution in [-0.2, 0) is 0 Å². The molecule has 1 aromatic rings. The molecule has 0 spiro atoms. The summed E-state index contributed by atoms with van der Waals surface area (Å²) in [5.41, 5.74) is 7.21. The third-order valence-electron chi connectivity index (χ3n) is 3.05. The minimum atomic E-state index is 0.0986. The molecule has 2 rings (SSSR count). The molecular weight excluding hydrogens is 202 g/mol. The average molecular weight is 219 g/mol. The second-order valence-electron chi connectivity index (χ2n) is 4.33. The fourth-order valence-corrected chi connectivity index (χ4v) is 2.07. The van der Waals surface area contributed by atoms with Crippen LogP contribution in [-0.4, -0.2) is 35.4 Å². The van der Waals surface area contributed by atoms with Crippen molar-refractivity contribution in [3.8, 4) is 0 Å². The van der Waals surface area contributed by atoms with Crippen LogP contribution in [0.2, 0.25) is 0 Å². The molecule has 1 fully saturated rings. The Labute approximate surface area is 95.5 Å². The van der Waals surface area contributed by atoms with Gasteiger partial charge in [0.05, 0.1) is 0 Å². The number of aryl methyl sites for hydroxylation is 1. The largest absolute Gasteiger partial charge is 0.338 e. The first-order valence-electron chi connectivity index (χ1n) is 5.62. The van der Waals surface area contributed by atoms with Crippen molar-refractivity contribution in [1.29, 1.82) is 0 Å². The topological polar surface area (TPSA) is 59.2 Å². The minimum absolute atomic E-state index is 0.0986. The highest BCUT2D eigenvalue weighted by Crippen LogP contribution is 2.17. The van der Waals surface area contributed by atoms with E-state index in [4.69, 9.17) is 5.73 Å². The third kappa shape index (κ3) is 2.22. The van der Waals surface area contributed by atoms with E-state index in [1.54, 1.807) is 12.3 Å². The molecule has 1 atom stereocenters. The van der Waals surface area contributed by atoms with Gasteiger partial charge in [0.15, 0.2) is 0 Å². The molecule has 16 heavy (non-hydrogen) atoms. The zero-order chi connectivity index (χ0) is 11.5. The second kappa shape index (κ2) is 4.61. The van der Waals surface area contributed by atoms with Crippen molar-refractivity contribution >= 4 is 5.91 Å². The number of carbonyl (C=O) groups is 1. The van der Waals surface area contributed by atoms with E-state index in [1.807, 2.05) is 17.9 Å². The quantitative estimate of drug-likeness (QED) is 0.800. The summed E-state index contributed by atoms with van der Waals surface area (Å²) in [5.74, 6) is 0.563. The standard InChI is InChI=1S/C12H17N3O/c1-9-6-11(2-4-14-9)12(16)15-5-3-10(7-13)8-15/h2,4,6,10H,3,5,7-8,13H2,1H3. The maximum atomic E-state index is 12.1. The molecule has 1 aliphatic heterocycles. The van der Waals surface area contributed by atoms with Crippen LogP contribution >= 0.6 is 0 Å². The number of nitrogens with two attached hydrogens (primary N) is 1. The van der Waals surface area contributed by atoms with Crippen LogP contribution in [0.5, 0.6) is 0 Å². The fraction of sp³-hybridized carbons (Fsp3) is 0.500. The van der Waals surface area contributed by atoms with Crippen LogP contribution < -0.4 is 5.73 Å².